The summed E-state index contributed by atoms with van der Waals surface area (Å²) in [5, 5.41) is 10.6. The van der Waals surface area contributed by atoms with E-state index in [1.54, 1.807) is 0 Å². The molecule has 4 unspecified atom stereocenters. The number of hydrogen-bond donors (Lipinski definition) is 3. The van der Waals surface area contributed by atoms with E-state index < -0.39 is 97.5 Å². The van der Waals surface area contributed by atoms with Gasteiger partial charge >= 0.3 is 39.5 Å². The lowest BCUT2D eigenvalue weighted by Gasteiger charge is -2.21. The van der Waals surface area contributed by atoms with Crippen LogP contribution in [0.2, 0.25) is 0 Å². The zero-order valence-electron chi connectivity index (χ0n) is 58.4. The predicted octanol–water partition coefficient (Wildman–Crippen LogP) is 20.4. The highest BCUT2D eigenvalue weighted by molar-refractivity contribution is 7.47. The van der Waals surface area contributed by atoms with Crippen LogP contribution < -0.4 is 0 Å². The summed E-state index contributed by atoms with van der Waals surface area (Å²) in [4.78, 5) is 72.5. The molecule has 17 nitrogen and oxygen atoms in total. The first-order valence-electron chi connectivity index (χ1n) is 37.1. The number of esters is 4. The fraction of sp³-hybridized carbons (Fsp3) is 0.944. The van der Waals surface area contributed by atoms with Crippen molar-refractivity contribution < 1.29 is 80.2 Å². The molecule has 0 aliphatic rings. The van der Waals surface area contributed by atoms with Crippen LogP contribution in [-0.2, 0) is 65.4 Å². The Morgan fingerprint density at radius 2 is 0.533 bits per heavy atom. The molecule has 0 aromatic rings. The van der Waals surface area contributed by atoms with Crippen LogP contribution in [0.1, 0.15) is 363 Å². The van der Waals surface area contributed by atoms with E-state index in [0.29, 0.717) is 25.7 Å². The van der Waals surface area contributed by atoms with E-state index in [4.69, 9.17) is 37.0 Å². The second kappa shape index (κ2) is 63.1. The van der Waals surface area contributed by atoms with Crippen LogP contribution in [0.15, 0.2) is 0 Å². The van der Waals surface area contributed by atoms with E-state index >= 15 is 0 Å². The normalized spacial score (nSPS) is 14.7. The summed E-state index contributed by atoms with van der Waals surface area (Å²) < 4.78 is 68.3. The lowest BCUT2D eigenvalue weighted by molar-refractivity contribution is -0.161. The second-order valence-electron chi connectivity index (χ2n) is 26.1. The minimum absolute atomic E-state index is 0.103. The fourth-order valence-corrected chi connectivity index (χ4v) is 12.3. The molecule has 0 rings (SSSR count). The molecular formula is C71H138O17P2. The van der Waals surface area contributed by atoms with Gasteiger partial charge in [-0.15, -0.1) is 0 Å². The standard InChI is InChI=1S/C71H138O17P2/c1-7-11-13-15-17-19-20-23-27-31-35-42-48-54-69(74)82-59-66(87-70(75)55-49-43-36-32-28-25-22-21-24-26-30-33-39-45-51-63(5)9-3)61-85-89(77,78)83-57-65(72)58-84-90(79,80)86-62-67(60-81-68(73)53-47-41-34-29-18-16-14-12-8-2)88-71(76)56-50-44-38-37-40-46-52-64(6)10-4/h63-67,72H,7-62H2,1-6H3,(H,77,78)(H,79,80)/t63?,64?,65-,66-,67-/m1/s1. The molecule has 534 valence electrons. The van der Waals surface area contributed by atoms with Crippen LogP contribution in [0.3, 0.4) is 0 Å². The minimum Gasteiger partial charge on any atom is -0.462 e. The summed E-state index contributed by atoms with van der Waals surface area (Å²) in [6.07, 6.45) is 48.5. The summed E-state index contributed by atoms with van der Waals surface area (Å²) in [7, 11) is -9.90. The third-order valence-electron chi connectivity index (χ3n) is 17.2. The van der Waals surface area contributed by atoms with Crippen LogP contribution in [0.5, 0.6) is 0 Å². The van der Waals surface area contributed by atoms with Crippen LogP contribution in [-0.4, -0.2) is 96.7 Å². The Kier molecular flexibility index (Phi) is 61.8. The van der Waals surface area contributed by atoms with Crippen molar-refractivity contribution in [3.8, 4) is 0 Å². The number of aliphatic hydroxyl groups is 1. The van der Waals surface area contributed by atoms with Crippen molar-refractivity contribution in [1.82, 2.24) is 0 Å². The summed E-state index contributed by atoms with van der Waals surface area (Å²) >= 11 is 0. The number of carbonyl (C=O) groups excluding carboxylic acids is 4. The molecule has 0 fully saturated rings. The highest BCUT2D eigenvalue weighted by Crippen LogP contribution is 2.45. The maximum absolute atomic E-state index is 13.0. The average Bonchev–Trinajstić information content (AvgIpc) is 3.06. The Morgan fingerprint density at radius 3 is 0.789 bits per heavy atom. The number of ether oxygens (including phenoxy) is 4. The molecular weight excluding hydrogens is 1190 g/mol. The number of rotatable bonds is 70. The molecule has 7 atom stereocenters. The van der Waals surface area contributed by atoms with E-state index in [0.717, 1.165) is 102 Å². The maximum Gasteiger partial charge on any atom is 0.472 e. The van der Waals surface area contributed by atoms with Gasteiger partial charge in [-0.2, -0.15) is 0 Å². The summed E-state index contributed by atoms with van der Waals surface area (Å²) in [5.74, 6) is -0.559. The van der Waals surface area contributed by atoms with E-state index in [2.05, 4.69) is 41.5 Å². The molecule has 19 heteroatoms. The fourth-order valence-electron chi connectivity index (χ4n) is 10.7. The van der Waals surface area contributed by atoms with Gasteiger partial charge < -0.3 is 33.8 Å². The Labute approximate surface area is 549 Å². The summed E-state index contributed by atoms with van der Waals surface area (Å²) in [6, 6.07) is 0. The highest BCUT2D eigenvalue weighted by atomic mass is 31.2. The molecule has 0 amide bonds. The van der Waals surface area contributed by atoms with Gasteiger partial charge in [0.1, 0.15) is 19.3 Å². The molecule has 0 radical (unpaired) electrons. The Morgan fingerprint density at radius 1 is 0.311 bits per heavy atom. The van der Waals surface area contributed by atoms with Gasteiger partial charge in [0.2, 0.25) is 0 Å². The van der Waals surface area contributed by atoms with Crippen molar-refractivity contribution in [2.24, 2.45) is 11.8 Å². The summed E-state index contributed by atoms with van der Waals surface area (Å²) in [5.41, 5.74) is 0. The highest BCUT2D eigenvalue weighted by Gasteiger charge is 2.30. The number of hydrogen-bond acceptors (Lipinski definition) is 15. The molecule has 0 spiro atoms. The summed E-state index contributed by atoms with van der Waals surface area (Å²) in [6.45, 7) is 9.55. The molecule has 0 heterocycles. The first-order chi connectivity index (χ1) is 43.4. The van der Waals surface area contributed by atoms with Crippen LogP contribution >= 0.6 is 15.6 Å². The monoisotopic (exact) mass is 1320 g/mol. The van der Waals surface area contributed by atoms with Gasteiger partial charge in [-0.05, 0) is 37.5 Å². The van der Waals surface area contributed by atoms with Crippen molar-refractivity contribution in [1.29, 1.82) is 0 Å². The second-order valence-corrected chi connectivity index (χ2v) is 29.0. The molecule has 0 aliphatic heterocycles. The van der Waals surface area contributed by atoms with Crippen molar-refractivity contribution in [2.45, 2.75) is 381 Å². The quantitative estimate of drug-likeness (QED) is 0.0222. The van der Waals surface area contributed by atoms with E-state index in [1.165, 1.54) is 180 Å². The van der Waals surface area contributed by atoms with Crippen molar-refractivity contribution in [3.05, 3.63) is 0 Å². The van der Waals surface area contributed by atoms with E-state index in [-0.39, 0.29) is 25.7 Å². The molecule has 3 N–H and O–H groups in total. The third-order valence-corrected chi connectivity index (χ3v) is 19.1. The van der Waals surface area contributed by atoms with Gasteiger partial charge in [0.15, 0.2) is 12.2 Å². The Bertz CT molecular complexity index is 1760. The van der Waals surface area contributed by atoms with Gasteiger partial charge in [-0.3, -0.25) is 37.3 Å². The zero-order chi connectivity index (χ0) is 66.5. The van der Waals surface area contributed by atoms with Gasteiger partial charge in [-0.1, -0.05) is 311 Å². The van der Waals surface area contributed by atoms with E-state index in [1.807, 2.05) is 0 Å². The largest absolute Gasteiger partial charge is 0.472 e. The molecule has 0 saturated carbocycles. The Hall–Kier alpha value is -1.94. The third kappa shape index (κ3) is 62.2. The SMILES string of the molecule is CCCCCCCCCCCCCCCC(=O)OC[C@H](COP(=O)(O)OC[C@@H](O)COP(=O)(O)OC[C@@H](COC(=O)CCCCCCCCCCC)OC(=O)CCCCCCCCC(C)CC)OC(=O)CCCCCCCCCCCCCCCCC(C)CC. The predicted molar refractivity (Wildman–Crippen MR) is 363 cm³/mol. The number of carbonyl (C=O) groups is 4. The smallest absolute Gasteiger partial charge is 0.462 e. The van der Waals surface area contributed by atoms with Crippen LogP contribution in [0.4, 0.5) is 0 Å². The molecule has 0 aromatic carbocycles. The van der Waals surface area contributed by atoms with E-state index in [9.17, 15) is 43.2 Å². The average molecular weight is 1330 g/mol. The molecule has 0 bridgehead atoms. The molecule has 0 aliphatic carbocycles. The number of phosphoric ester groups is 2. The van der Waals surface area contributed by atoms with Crippen molar-refractivity contribution in [3.63, 3.8) is 0 Å². The first kappa shape index (κ1) is 88.1. The van der Waals surface area contributed by atoms with Crippen molar-refractivity contribution in [2.75, 3.05) is 39.6 Å². The van der Waals surface area contributed by atoms with Gasteiger partial charge in [0.25, 0.3) is 0 Å². The number of phosphoric acid groups is 2. The lowest BCUT2D eigenvalue weighted by atomic mass is 9.99. The van der Waals surface area contributed by atoms with Crippen LogP contribution in [0.25, 0.3) is 0 Å². The minimum atomic E-state index is -4.95. The topological polar surface area (TPSA) is 237 Å². The molecule has 0 aromatic heterocycles. The zero-order valence-corrected chi connectivity index (χ0v) is 60.2. The Balaban J connectivity index is 5.22. The van der Waals surface area contributed by atoms with Crippen LogP contribution in [0, 0.1) is 11.8 Å². The number of aliphatic hydroxyl groups excluding tert-OH is 1. The van der Waals surface area contributed by atoms with Gasteiger partial charge in [0, 0.05) is 25.7 Å². The maximum atomic E-state index is 13.0. The molecule has 90 heavy (non-hydrogen) atoms. The number of unbranched alkanes of at least 4 members (excludes halogenated alkanes) is 38. The molecule has 0 saturated heterocycles. The van der Waals surface area contributed by atoms with Gasteiger partial charge in [-0.25, -0.2) is 9.13 Å². The lowest BCUT2D eigenvalue weighted by Crippen LogP contribution is -2.30. The van der Waals surface area contributed by atoms with Crippen molar-refractivity contribution >= 4 is 39.5 Å². The van der Waals surface area contributed by atoms with Gasteiger partial charge in [0.05, 0.1) is 26.4 Å². The first-order valence-corrected chi connectivity index (χ1v) is 40.1.